The standard InChI is InChI=1S/C50H79N3O35/c54-8-16-37-24(62)31(69)46(77-16)85-39-18(10-56)79-48(33(71)26(39)64)87-41-20(12-58)81-50(35(73)28(41)66)88-42-21(13-59)80-49(34(72)27(42)65)86-40-19(11-57)78-47(32(70)25(40)63)84-38-17(9-55)76-45(30(68)23(38)61)82-36-15(75-44(83-37)29(67)22(36)60)7-52-5-6-53-43(74)14-1-3-51-4-2-14/h1-4,15-42,44-50,52,54-73H,5-13H2,(H,53,74)/t15-,16-,17-,18-,19-,20-,21-,22-,23-,24-,25-,26-,27-,28-,29-,30-,31-,32-,33-,34-,35-,36-,37-,38-,39-,40-,41-,42-,44-,45-,46-,47-,48-,49-,50-/m1/s1. The van der Waals surface area contributed by atoms with Crippen LogP contribution in [0.5, 0.6) is 0 Å². The monoisotopic (exact) mass is 1280 g/mol. The minimum absolute atomic E-state index is 0.0149. The van der Waals surface area contributed by atoms with Crippen molar-refractivity contribution in [3.05, 3.63) is 30.1 Å². The molecule has 38 heteroatoms. The number of hydrogen-bond donors (Lipinski definition) is 22. The molecule has 21 saturated heterocycles. The molecule has 0 unspecified atom stereocenters. The van der Waals surface area contributed by atoms with Crippen molar-refractivity contribution in [2.45, 2.75) is 215 Å². The third-order valence-electron chi connectivity index (χ3n) is 16.5. The summed E-state index contributed by atoms with van der Waals surface area (Å²) in [6.07, 6.45) is -67.5. The molecule has 0 aromatic carbocycles. The predicted molar refractivity (Wildman–Crippen MR) is 271 cm³/mol. The van der Waals surface area contributed by atoms with Gasteiger partial charge in [-0.05, 0) is 12.1 Å². The van der Waals surface area contributed by atoms with Crippen molar-refractivity contribution in [3.63, 3.8) is 0 Å². The molecule has 88 heavy (non-hydrogen) atoms. The summed E-state index contributed by atoms with van der Waals surface area (Å²) in [5.41, 5.74) is 0.283. The molecule has 21 aliphatic heterocycles. The molecule has 22 rings (SSSR count). The predicted octanol–water partition coefficient (Wildman–Crippen LogP) is -14.8. The van der Waals surface area contributed by atoms with Gasteiger partial charge in [-0.1, -0.05) is 0 Å². The van der Waals surface area contributed by atoms with Crippen LogP contribution in [0.3, 0.4) is 0 Å². The minimum Gasteiger partial charge on any atom is -0.394 e. The van der Waals surface area contributed by atoms with Crippen LogP contribution < -0.4 is 10.6 Å². The first-order valence-corrected chi connectivity index (χ1v) is 28.3. The van der Waals surface area contributed by atoms with Gasteiger partial charge in [0.2, 0.25) is 0 Å². The molecule has 21 aliphatic rings. The number of aliphatic hydroxyl groups is 20. The second kappa shape index (κ2) is 30.5. The van der Waals surface area contributed by atoms with E-state index in [2.05, 4.69) is 15.6 Å². The smallest absolute Gasteiger partial charge is 0.251 e. The maximum absolute atomic E-state index is 12.7. The topological polar surface area (TPSA) is 588 Å². The van der Waals surface area contributed by atoms with Crippen LogP contribution in [0.1, 0.15) is 10.4 Å². The van der Waals surface area contributed by atoms with Gasteiger partial charge < -0.3 is 179 Å². The van der Waals surface area contributed by atoms with Crippen LogP contribution in [-0.4, -0.2) is 387 Å². The summed E-state index contributed by atoms with van der Waals surface area (Å²) in [5.74, 6) is -0.473. The number of carbonyl (C=O) groups excluding carboxylic acids is 1. The van der Waals surface area contributed by atoms with Crippen molar-refractivity contribution in [2.75, 3.05) is 59.3 Å². The lowest BCUT2D eigenvalue weighted by molar-refractivity contribution is -0.396. The molecule has 0 aliphatic carbocycles. The molecule has 504 valence electrons. The number of nitrogens with zero attached hydrogens (tertiary/aromatic N) is 1. The molecule has 1 aromatic heterocycles. The van der Waals surface area contributed by atoms with Gasteiger partial charge in [0.05, 0.1) is 39.6 Å². The Balaban J connectivity index is 0.995. The lowest BCUT2D eigenvalue weighted by atomic mass is 9.95. The summed E-state index contributed by atoms with van der Waals surface area (Å²) in [7, 11) is 0. The number of hydrogen-bond acceptors (Lipinski definition) is 37. The van der Waals surface area contributed by atoms with Gasteiger partial charge in [0.15, 0.2) is 44.0 Å². The first-order valence-electron chi connectivity index (χ1n) is 28.3. The van der Waals surface area contributed by atoms with E-state index >= 15 is 0 Å². The fourth-order valence-corrected chi connectivity index (χ4v) is 11.5. The van der Waals surface area contributed by atoms with Crippen LogP contribution in [-0.2, 0) is 66.3 Å². The zero-order chi connectivity index (χ0) is 63.6. The summed E-state index contributed by atoms with van der Waals surface area (Å²) in [6.45, 7) is -6.74. The molecule has 1 amide bonds. The number of amides is 1. The van der Waals surface area contributed by atoms with Crippen molar-refractivity contribution >= 4 is 5.91 Å². The van der Waals surface area contributed by atoms with Gasteiger partial charge >= 0.3 is 0 Å². The van der Waals surface area contributed by atoms with E-state index in [1.165, 1.54) is 24.5 Å². The van der Waals surface area contributed by atoms with Crippen molar-refractivity contribution in [3.8, 4) is 0 Å². The Hall–Kier alpha value is -2.78. The number of aliphatic hydroxyl groups excluding tert-OH is 20. The summed E-state index contributed by atoms with van der Waals surface area (Å²) in [6, 6.07) is 2.93. The van der Waals surface area contributed by atoms with E-state index in [-0.39, 0.29) is 25.2 Å². The fraction of sp³-hybridized carbons (Fsp3) is 0.880. The van der Waals surface area contributed by atoms with Gasteiger partial charge in [0.1, 0.15) is 171 Å². The Morgan fingerprint density at radius 3 is 0.761 bits per heavy atom. The molecule has 22 heterocycles. The second-order valence-electron chi connectivity index (χ2n) is 22.2. The number of nitrogens with one attached hydrogen (secondary N) is 2. The normalized spacial score (nSPS) is 49.8. The first-order chi connectivity index (χ1) is 42.1. The Morgan fingerprint density at radius 1 is 0.318 bits per heavy atom. The maximum Gasteiger partial charge on any atom is 0.251 e. The van der Waals surface area contributed by atoms with Gasteiger partial charge in [0.25, 0.3) is 5.91 Å². The Kier molecular flexibility index (Phi) is 24.1. The number of rotatable bonds is 12. The fourth-order valence-electron chi connectivity index (χ4n) is 11.5. The van der Waals surface area contributed by atoms with E-state index in [0.29, 0.717) is 0 Å². The molecular formula is C50H79N3O35. The van der Waals surface area contributed by atoms with Gasteiger partial charge in [0, 0.05) is 37.6 Å². The van der Waals surface area contributed by atoms with Crippen molar-refractivity contribution in [1.29, 1.82) is 0 Å². The molecule has 0 radical (unpaired) electrons. The van der Waals surface area contributed by atoms with E-state index in [9.17, 15) is 107 Å². The van der Waals surface area contributed by atoms with Crippen molar-refractivity contribution in [2.24, 2.45) is 0 Å². The second-order valence-corrected chi connectivity index (χ2v) is 22.2. The average Bonchev–Trinajstić information content (AvgIpc) is 1.59. The molecule has 22 N–H and O–H groups in total. The minimum atomic E-state index is -2.22. The molecular weight excluding hydrogens is 1200 g/mol. The molecule has 14 bridgehead atoms. The number of ether oxygens (including phenoxy) is 14. The summed E-state index contributed by atoms with van der Waals surface area (Å²) < 4.78 is 81.2. The molecule has 21 fully saturated rings. The Labute approximate surface area is 498 Å². The highest BCUT2D eigenvalue weighted by Gasteiger charge is 2.59. The molecule has 0 saturated carbocycles. The SMILES string of the molecule is O=C(NCCNC[C@H]1O[C@@H]2O[C@H]3[C@H](O)[C@@H](O)[C@@H](O[C@H]4[C@H](O)[C@@H](O)[C@@H](O[C@H]5[C@H](O)[C@@H](O)[C@@H](O[C@H]6[C@H](O)[C@@H](O)[C@@H](O[C@H]7[C@H](O)[C@@H](O)[C@@H](O[C@H]8[C@H](O)[C@@H](O)[C@@H](O[C@H]1[C@H](O)[C@H]2O)O[C@@H]8CO)O[C@@H]7CO)O[C@@H]6CO)O[C@@H]5CO)O[C@@H]4CO)O[C@@H]3CO)c1ccncc1. The van der Waals surface area contributed by atoms with E-state index in [1.807, 2.05) is 0 Å². The van der Waals surface area contributed by atoms with Crippen LogP contribution in [0, 0.1) is 0 Å². The van der Waals surface area contributed by atoms with Gasteiger partial charge in [-0.25, -0.2) is 0 Å². The highest BCUT2D eigenvalue weighted by molar-refractivity contribution is 5.93. The third kappa shape index (κ3) is 14.5. The van der Waals surface area contributed by atoms with Crippen LogP contribution in [0.2, 0.25) is 0 Å². The largest absolute Gasteiger partial charge is 0.394 e. The zero-order valence-corrected chi connectivity index (χ0v) is 46.4. The van der Waals surface area contributed by atoms with E-state index in [1.54, 1.807) is 0 Å². The lowest BCUT2D eigenvalue weighted by Crippen LogP contribution is -2.68. The van der Waals surface area contributed by atoms with Crippen LogP contribution >= 0.6 is 0 Å². The highest BCUT2D eigenvalue weighted by atomic mass is 16.8. The Morgan fingerprint density at radius 2 is 0.534 bits per heavy atom. The Bertz CT molecular complexity index is 2300. The molecule has 1 aromatic rings. The van der Waals surface area contributed by atoms with Crippen LogP contribution in [0.25, 0.3) is 0 Å². The highest BCUT2D eigenvalue weighted by Crippen LogP contribution is 2.39. The number of aromatic nitrogens is 1. The van der Waals surface area contributed by atoms with Crippen molar-refractivity contribution in [1.82, 2.24) is 15.6 Å². The quantitative estimate of drug-likeness (QED) is 0.0864. The first kappa shape index (κ1) is 69.6. The van der Waals surface area contributed by atoms with Crippen molar-refractivity contribution < 1.29 is 173 Å². The molecule has 0 spiro atoms. The van der Waals surface area contributed by atoms with E-state index in [0.717, 1.165) is 0 Å². The van der Waals surface area contributed by atoms with Crippen LogP contribution in [0.4, 0.5) is 0 Å². The summed E-state index contributed by atoms with van der Waals surface area (Å²) >= 11 is 0. The van der Waals surface area contributed by atoms with Gasteiger partial charge in [-0.2, -0.15) is 0 Å². The van der Waals surface area contributed by atoms with E-state index < -0.39 is 260 Å². The molecule has 35 atom stereocenters. The van der Waals surface area contributed by atoms with Gasteiger partial charge in [-0.15, -0.1) is 0 Å². The summed E-state index contributed by atoms with van der Waals surface area (Å²) in [4.78, 5) is 16.6. The van der Waals surface area contributed by atoms with Gasteiger partial charge in [-0.3, -0.25) is 9.78 Å². The molecule has 38 nitrogen and oxygen atoms in total. The third-order valence-corrected chi connectivity index (χ3v) is 16.5. The maximum atomic E-state index is 12.7. The van der Waals surface area contributed by atoms with E-state index in [4.69, 9.17) is 66.3 Å². The number of carbonyl (C=O) groups is 1. The zero-order valence-electron chi connectivity index (χ0n) is 46.4. The van der Waals surface area contributed by atoms with Crippen LogP contribution in [0.15, 0.2) is 24.5 Å². The average molecular weight is 1280 g/mol. The number of pyridine rings is 1. The summed E-state index contributed by atoms with van der Waals surface area (Å²) in [5, 5.41) is 229. The lowest BCUT2D eigenvalue weighted by Gasteiger charge is -2.50.